The molecule has 0 aliphatic heterocycles. The van der Waals surface area contributed by atoms with E-state index in [2.05, 4.69) is 38.2 Å². The first-order chi connectivity index (χ1) is 22.6. The summed E-state index contributed by atoms with van der Waals surface area (Å²) in [6, 6.07) is 0. The highest BCUT2D eigenvalue weighted by molar-refractivity contribution is 5.70. The van der Waals surface area contributed by atoms with E-state index in [1.54, 1.807) is 0 Å². The van der Waals surface area contributed by atoms with E-state index in [0.29, 0.717) is 12.8 Å². The number of rotatable bonds is 36. The molecular weight excluding hydrogens is 572 g/mol. The monoisotopic (exact) mass is 649 g/mol. The highest BCUT2D eigenvalue weighted by Crippen LogP contribution is 2.14. The van der Waals surface area contributed by atoms with Gasteiger partial charge >= 0.3 is 11.9 Å². The van der Waals surface area contributed by atoms with Crippen LogP contribution in [0.1, 0.15) is 206 Å². The quantitative estimate of drug-likeness (QED) is 0.0416. The Labute approximate surface area is 285 Å². The summed E-state index contributed by atoms with van der Waals surface area (Å²) in [7, 11) is 0. The maximum atomic E-state index is 12.1. The second-order valence-electron chi connectivity index (χ2n) is 13.4. The first-order valence-electron chi connectivity index (χ1n) is 19.9. The van der Waals surface area contributed by atoms with Crippen LogP contribution in [-0.4, -0.2) is 36.4 Å². The van der Waals surface area contributed by atoms with Gasteiger partial charge in [-0.3, -0.25) is 9.59 Å². The predicted molar refractivity (Wildman–Crippen MR) is 196 cm³/mol. The van der Waals surface area contributed by atoms with Gasteiger partial charge in [0, 0.05) is 12.8 Å². The summed E-state index contributed by atoms with van der Waals surface area (Å²) in [5, 5.41) is 9.53. The van der Waals surface area contributed by atoms with Gasteiger partial charge in [-0.2, -0.15) is 0 Å². The van der Waals surface area contributed by atoms with E-state index in [4.69, 9.17) is 9.47 Å². The fourth-order valence-corrected chi connectivity index (χ4v) is 5.65. The van der Waals surface area contributed by atoms with Crippen molar-refractivity contribution < 1.29 is 24.2 Å². The Hall–Kier alpha value is -1.62. The second-order valence-corrected chi connectivity index (χ2v) is 13.4. The maximum absolute atomic E-state index is 12.1. The molecule has 0 spiro atoms. The lowest BCUT2D eigenvalue weighted by Crippen LogP contribution is -2.28. The molecule has 1 atom stereocenters. The minimum Gasteiger partial charge on any atom is -0.462 e. The van der Waals surface area contributed by atoms with Crippen LogP contribution in [0, 0.1) is 0 Å². The van der Waals surface area contributed by atoms with Crippen molar-refractivity contribution in [3.8, 4) is 0 Å². The van der Waals surface area contributed by atoms with E-state index in [1.165, 1.54) is 135 Å². The maximum Gasteiger partial charge on any atom is 0.306 e. The Morgan fingerprint density at radius 3 is 1.24 bits per heavy atom. The number of allylic oxidation sites excluding steroid dienone is 4. The van der Waals surface area contributed by atoms with E-state index < -0.39 is 6.10 Å². The average Bonchev–Trinajstić information content (AvgIpc) is 3.06. The average molecular weight is 649 g/mol. The van der Waals surface area contributed by atoms with E-state index in [-0.39, 0.29) is 25.2 Å². The van der Waals surface area contributed by atoms with Crippen molar-refractivity contribution in [1.82, 2.24) is 0 Å². The number of aliphatic hydroxyl groups is 1. The van der Waals surface area contributed by atoms with Crippen LogP contribution >= 0.6 is 0 Å². The van der Waals surface area contributed by atoms with Gasteiger partial charge in [0.25, 0.3) is 0 Å². The smallest absolute Gasteiger partial charge is 0.306 e. The fraction of sp³-hybridized carbons (Fsp3) is 0.854. The number of carbonyl (C=O) groups is 2. The molecule has 46 heavy (non-hydrogen) atoms. The van der Waals surface area contributed by atoms with Gasteiger partial charge in [-0.15, -0.1) is 0 Å². The van der Waals surface area contributed by atoms with Gasteiger partial charge in [-0.05, 0) is 57.8 Å². The number of carbonyl (C=O) groups excluding carboxylic acids is 2. The number of esters is 2. The Balaban J connectivity index is 3.50. The zero-order chi connectivity index (χ0) is 33.6. The van der Waals surface area contributed by atoms with Crippen LogP contribution < -0.4 is 0 Å². The van der Waals surface area contributed by atoms with Gasteiger partial charge < -0.3 is 14.6 Å². The molecule has 0 aliphatic rings. The van der Waals surface area contributed by atoms with Gasteiger partial charge in [-0.1, -0.05) is 160 Å². The van der Waals surface area contributed by atoms with Crippen LogP contribution in [0.4, 0.5) is 0 Å². The molecule has 5 heteroatoms. The lowest BCUT2D eigenvalue weighted by molar-refractivity contribution is -0.161. The number of aliphatic hydroxyl groups excluding tert-OH is 1. The Bertz CT molecular complexity index is 701. The largest absolute Gasteiger partial charge is 0.462 e. The van der Waals surface area contributed by atoms with Gasteiger partial charge in [0.05, 0.1) is 6.61 Å². The third-order valence-corrected chi connectivity index (χ3v) is 8.72. The molecule has 0 fully saturated rings. The van der Waals surface area contributed by atoms with Crippen LogP contribution in [0.5, 0.6) is 0 Å². The van der Waals surface area contributed by atoms with Crippen molar-refractivity contribution in [3.05, 3.63) is 24.3 Å². The first kappa shape index (κ1) is 44.4. The zero-order valence-corrected chi connectivity index (χ0v) is 30.6. The molecule has 0 rings (SSSR count). The molecule has 0 aliphatic carbocycles. The van der Waals surface area contributed by atoms with Crippen molar-refractivity contribution in [2.75, 3.05) is 13.2 Å². The molecule has 0 aromatic heterocycles. The standard InChI is InChI=1S/C41H76O5/c1-3-5-7-9-11-13-15-16-17-18-19-20-21-22-23-24-26-27-29-31-33-35-40(43)45-38-39(37-42)46-41(44)36-34-32-30-28-25-14-12-10-8-6-4-2/h10,12,16-17,39,42H,3-9,11,13-15,18-38H2,1-2H3/b12-10-,17-16-/t39-/m0/s1. The number of hydrogen-bond acceptors (Lipinski definition) is 5. The van der Waals surface area contributed by atoms with Gasteiger partial charge in [0.2, 0.25) is 0 Å². The number of hydrogen-bond donors (Lipinski definition) is 1. The predicted octanol–water partition coefficient (Wildman–Crippen LogP) is 12.3. The molecule has 270 valence electrons. The van der Waals surface area contributed by atoms with E-state index in [9.17, 15) is 14.7 Å². The lowest BCUT2D eigenvalue weighted by atomic mass is 10.0. The fourth-order valence-electron chi connectivity index (χ4n) is 5.65. The summed E-state index contributed by atoms with van der Waals surface area (Å²) in [6.07, 6.45) is 43.9. The summed E-state index contributed by atoms with van der Waals surface area (Å²) < 4.78 is 10.6. The van der Waals surface area contributed by atoms with E-state index in [1.807, 2.05) is 0 Å². The van der Waals surface area contributed by atoms with Crippen molar-refractivity contribution in [2.24, 2.45) is 0 Å². The normalized spacial score (nSPS) is 12.3. The third-order valence-electron chi connectivity index (χ3n) is 8.72. The van der Waals surface area contributed by atoms with Crippen molar-refractivity contribution in [1.29, 1.82) is 0 Å². The molecule has 0 aromatic rings. The number of ether oxygens (including phenoxy) is 2. The molecule has 0 saturated heterocycles. The molecule has 0 unspecified atom stereocenters. The Morgan fingerprint density at radius 2 is 0.826 bits per heavy atom. The molecule has 0 amide bonds. The van der Waals surface area contributed by atoms with E-state index in [0.717, 1.165) is 44.9 Å². The SMILES string of the molecule is CCCC/C=C\CCCCCCCC(=O)O[C@@H](CO)COC(=O)CCCCCCCCCCCCC/C=C\CCCCCCCC. The molecule has 0 bridgehead atoms. The molecule has 0 saturated carbocycles. The number of unbranched alkanes of at least 4 members (excludes halogenated alkanes) is 24. The van der Waals surface area contributed by atoms with Gasteiger partial charge in [0.1, 0.15) is 6.61 Å². The molecule has 0 aromatic carbocycles. The highest BCUT2D eigenvalue weighted by atomic mass is 16.6. The molecule has 1 N–H and O–H groups in total. The second kappa shape index (κ2) is 37.8. The summed E-state index contributed by atoms with van der Waals surface area (Å²) in [6.45, 7) is 4.09. The molecule has 0 heterocycles. The minimum atomic E-state index is -0.771. The molecule has 0 radical (unpaired) electrons. The van der Waals surface area contributed by atoms with Crippen molar-refractivity contribution >= 4 is 11.9 Å². The minimum absolute atomic E-state index is 0.0667. The van der Waals surface area contributed by atoms with E-state index >= 15 is 0 Å². The Morgan fingerprint density at radius 1 is 0.478 bits per heavy atom. The van der Waals surface area contributed by atoms with Crippen LogP contribution in [0.3, 0.4) is 0 Å². The van der Waals surface area contributed by atoms with Crippen LogP contribution in [0.2, 0.25) is 0 Å². The van der Waals surface area contributed by atoms with Gasteiger partial charge in [-0.25, -0.2) is 0 Å². The van der Waals surface area contributed by atoms with Crippen molar-refractivity contribution in [2.45, 2.75) is 213 Å². The molecular formula is C41H76O5. The summed E-state index contributed by atoms with van der Waals surface area (Å²) in [5.74, 6) is -0.598. The topological polar surface area (TPSA) is 72.8 Å². The summed E-state index contributed by atoms with van der Waals surface area (Å²) in [4.78, 5) is 24.2. The van der Waals surface area contributed by atoms with Crippen molar-refractivity contribution in [3.63, 3.8) is 0 Å². The van der Waals surface area contributed by atoms with Crippen LogP contribution in [0.25, 0.3) is 0 Å². The first-order valence-corrected chi connectivity index (χ1v) is 19.9. The highest BCUT2D eigenvalue weighted by Gasteiger charge is 2.16. The Kier molecular flexibility index (Phi) is 36.5. The van der Waals surface area contributed by atoms with Crippen LogP contribution in [-0.2, 0) is 19.1 Å². The summed E-state index contributed by atoms with van der Waals surface area (Å²) >= 11 is 0. The summed E-state index contributed by atoms with van der Waals surface area (Å²) in [5.41, 5.74) is 0. The van der Waals surface area contributed by atoms with Gasteiger partial charge in [0.15, 0.2) is 6.10 Å². The third kappa shape index (κ3) is 35.2. The lowest BCUT2D eigenvalue weighted by Gasteiger charge is -2.15. The zero-order valence-electron chi connectivity index (χ0n) is 30.6. The molecule has 5 nitrogen and oxygen atoms in total. The van der Waals surface area contributed by atoms with Crippen LogP contribution in [0.15, 0.2) is 24.3 Å².